The molecule has 0 aliphatic carbocycles. The Morgan fingerprint density at radius 2 is 2.00 bits per heavy atom. The smallest absolute Gasteiger partial charge is 0.339 e. The zero-order valence-electron chi connectivity index (χ0n) is 12.1. The van der Waals surface area contributed by atoms with Crippen LogP contribution in [-0.2, 0) is 17.4 Å². The second-order valence-corrected chi connectivity index (χ2v) is 5.36. The number of amides is 1. The number of halogens is 3. The minimum Gasteiger partial charge on any atom is -0.339 e. The molecule has 1 saturated heterocycles. The van der Waals surface area contributed by atoms with E-state index in [9.17, 15) is 18.0 Å². The van der Waals surface area contributed by atoms with E-state index < -0.39 is 11.7 Å². The maximum Gasteiger partial charge on any atom is 0.416 e. The van der Waals surface area contributed by atoms with Crippen molar-refractivity contribution < 1.29 is 18.0 Å². The second-order valence-electron chi connectivity index (χ2n) is 5.36. The summed E-state index contributed by atoms with van der Waals surface area (Å²) in [5.74, 6) is 0.247. The minimum atomic E-state index is -4.29. The van der Waals surface area contributed by atoms with Crippen LogP contribution in [0.2, 0.25) is 0 Å². The molecule has 0 unspecified atom stereocenters. The van der Waals surface area contributed by atoms with Gasteiger partial charge in [0.1, 0.15) is 0 Å². The van der Waals surface area contributed by atoms with Gasteiger partial charge in [0.15, 0.2) is 0 Å². The van der Waals surface area contributed by atoms with Crippen molar-refractivity contribution in [1.82, 2.24) is 4.90 Å². The number of likely N-dealkylation sites (tertiary alicyclic amines) is 1. The summed E-state index contributed by atoms with van der Waals surface area (Å²) in [5, 5.41) is 0. The molecule has 1 aliphatic heterocycles. The van der Waals surface area contributed by atoms with Gasteiger partial charge in [-0.25, -0.2) is 0 Å². The first-order valence-electron chi connectivity index (χ1n) is 7.14. The van der Waals surface area contributed by atoms with E-state index in [-0.39, 0.29) is 5.91 Å². The number of benzene rings is 1. The highest BCUT2D eigenvalue weighted by molar-refractivity contribution is 5.87. The molecule has 1 atom stereocenters. The van der Waals surface area contributed by atoms with Crippen molar-refractivity contribution in [3.8, 4) is 0 Å². The van der Waals surface area contributed by atoms with E-state index >= 15 is 0 Å². The molecule has 0 saturated carbocycles. The van der Waals surface area contributed by atoms with Crippen LogP contribution in [0.5, 0.6) is 0 Å². The molecule has 2 nitrogen and oxygen atoms in total. The van der Waals surface area contributed by atoms with Gasteiger partial charge in [0, 0.05) is 13.1 Å². The lowest BCUT2D eigenvalue weighted by atomic mass is 10.1. The molecule has 0 N–H and O–H groups in total. The van der Waals surface area contributed by atoms with Gasteiger partial charge in [-0.2, -0.15) is 13.2 Å². The van der Waals surface area contributed by atoms with Crippen molar-refractivity contribution in [1.29, 1.82) is 0 Å². The molecule has 1 fully saturated rings. The van der Waals surface area contributed by atoms with Crippen LogP contribution in [0, 0.1) is 5.92 Å². The number of nitrogens with zero attached hydrogens (tertiary/aromatic N) is 1. The monoisotopic (exact) mass is 309 g/mol. The van der Waals surface area contributed by atoms with Gasteiger partial charge >= 0.3 is 6.18 Å². The Kier molecular flexibility index (Phi) is 5.06. The van der Waals surface area contributed by atoms with Crippen molar-refractivity contribution in [2.75, 3.05) is 13.1 Å². The van der Waals surface area contributed by atoms with Crippen LogP contribution >= 0.6 is 0 Å². The van der Waals surface area contributed by atoms with Gasteiger partial charge in [-0.15, -0.1) is 0 Å². The number of carbonyl (C=O) groups excluding carboxylic acids is 1. The molecule has 1 aromatic rings. The van der Waals surface area contributed by atoms with Gasteiger partial charge in [0.05, 0.1) is 5.56 Å². The summed E-state index contributed by atoms with van der Waals surface area (Å²) < 4.78 is 37.4. The molecule has 0 radical (unpaired) electrons. The number of hydrogen-bond donors (Lipinski definition) is 0. The van der Waals surface area contributed by atoms with Crippen LogP contribution in [0.15, 0.2) is 49.1 Å². The number of carbonyl (C=O) groups is 1. The summed E-state index contributed by atoms with van der Waals surface area (Å²) in [7, 11) is 0. The summed E-state index contributed by atoms with van der Waals surface area (Å²) >= 11 is 0. The molecule has 0 spiro atoms. The van der Waals surface area contributed by atoms with E-state index in [0.717, 1.165) is 30.7 Å². The quantitative estimate of drug-likeness (QED) is 0.611. The first-order chi connectivity index (χ1) is 10.4. The summed E-state index contributed by atoms with van der Waals surface area (Å²) in [6, 6.07) is 5.19. The zero-order chi connectivity index (χ0) is 16.2. The standard InChI is InChI=1S/C17H18F3NO/c1-2-16(22)21-11-10-14(12-21)5-3-4-13-6-8-15(9-7-13)17(18,19)20/h2-3,5-9,14H,1,4,10-12H2/b5-3+/t14-/m1/s1. The van der Waals surface area contributed by atoms with Gasteiger partial charge in [-0.3, -0.25) is 4.79 Å². The molecule has 5 heteroatoms. The summed E-state index contributed by atoms with van der Waals surface area (Å²) in [4.78, 5) is 13.2. The van der Waals surface area contributed by atoms with Gasteiger partial charge in [0.2, 0.25) is 5.91 Å². The first-order valence-corrected chi connectivity index (χ1v) is 7.14. The fraction of sp³-hybridized carbons (Fsp3) is 0.353. The highest BCUT2D eigenvalue weighted by atomic mass is 19.4. The Labute approximate surface area is 127 Å². The van der Waals surface area contributed by atoms with E-state index in [4.69, 9.17) is 0 Å². The Morgan fingerprint density at radius 3 is 2.59 bits per heavy atom. The number of rotatable bonds is 4. The molecule has 1 aliphatic rings. The lowest BCUT2D eigenvalue weighted by molar-refractivity contribution is -0.137. The SMILES string of the molecule is C=CC(=O)N1CC[C@@H](/C=C/Cc2ccc(C(F)(F)F)cc2)C1. The average molecular weight is 309 g/mol. The summed E-state index contributed by atoms with van der Waals surface area (Å²) in [6.45, 7) is 4.86. The third-order valence-electron chi connectivity index (χ3n) is 3.75. The van der Waals surface area contributed by atoms with Crippen LogP contribution < -0.4 is 0 Å². The number of hydrogen-bond acceptors (Lipinski definition) is 1. The van der Waals surface area contributed by atoms with Crippen LogP contribution in [0.25, 0.3) is 0 Å². The molecule has 0 aromatic heterocycles. The van der Waals surface area contributed by atoms with Crippen LogP contribution in [-0.4, -0.2) is 23.9 Å². The molecule has 1 aromatic carbocycles. The normalized spacial score (nSPS) is 18.9. The van der Waals surface area contributed by atoms with Crippen LogP contribution in [0.4, 0.5) is 13.2 Å². The van der Waals surface area contributed by atoms with Crippen LogP contribution in [0.3, 0.4) is 0 Å². The Bertz CT molecular complexity index is 560. The molecular weight excluding hydrogens is 291 g/mol. The first kappa shape index (κ1) is 16.3. The maximum atomic E-state index is 12.5. The predicted molar refractivity (Wildman–Crippen MR) is 79.2 cm³/mol. The third-order valence-corrected chi connectivity index (χ3v) is 3.75. The van der Waals surface area contributed by atoms with E-state index in [1.807, 2.05) is 12.2 Å². The fourth-order valence-corrected chi connectivity index (χ4v) is 2.50. The molecule has 22 heavy (non-hydrogen) atoms. The van der Waals surface area contributed by atoms with Crippen molar-refractivity contribution in [2.24, 2.45) is 5.92 Å². The van der Waals surface area contributed by atoms with Gasteiger partial charge < -0.3 is 4.90 Å². The van der Waals surface area contributed by atoms with Crippen molar-refractivity contribution in [3.05, 3.63) is 60.2 Å². The van der Waals surface area contributed by atoms with Crippen molar-refractivity contribution in [3.63, 3.8) is 0 Å². The molecule has 0 bridgehead atoms. The Hall–Kier alpha value is -2.04. The van der Waals surface area contributed by atoms with E-state index in [0.29, 0.717) is 18.9 Å². The van der Waals surface area contributed by atoms with Crippen LogP contribution in [0.1, 0.15) is 17.5 Å². The molecule has 2 rings (SSSR count). The lowest BCUT2D eigenvalue weighted by Crippen LogP contribution is -2.26. The topological polar surface area (TPSA) is 20.3 Å². The lowest BCUT2D eigenvalue weighted by Gasteiger charge is -2.12. The predicted octanol–water partition coefficient (Wildman–Crippen LogP) is 3.84. The molecule has 1 amide bonds. The number of alkyl halides is 3. The highest BCUT2D eigenvalue weighted by Crippen LogP contribution is 2.29. The van der Waals surface area contributed by atoms with Crippen molar-refractivity contribution >= 4 is 5.91 Å². The van der Waals surface area contributed by atoms with E-state index in [1.165, 1.54) is 18.2 Å². The van der Waals surface area contributed by atoms with E-state index in [2.05, 4.69) is 6.58 Å². The van der Waals surface area contributed by atoms with Crippen molar-refractivity contribution in [2.45, 2.75) is 19.0 Å². The molecule has 118 valence electrons. The molecule has 1 heterocycles. The second kappa shape index (κ2) is 6.81. The Morgan fingerprint density at radius 1 is 1.32 bits per heavy atom. The maximum absolute atomic E-state index is 12.5. The molecular formula is C17H18F3NO. The average Bonchev–Trinajstić information content (AvgIpc) is 2.95. The summed E-state index contributed by atoms with van der Waals surface area (Å²) in [6.07, 6.45) is 2.50. The fourth-order valence-electron chi connectivity index (χ4n) is 2.50. The van der Waals surface area contributed by atoms with Gasteiger partial charge in [0.25, 0.3) is 0 Å². The van der Waals surface area contributed by atoms with E-state index in [1.54, 1.807) is 4.90 Å². The largest absolute Gasteiger partial charge is 0.416 e. The highest BCUT2D eigenvalue weighted by Gasteiger charge is 2.29. The van der Waals surface area contributed by atoms with Gasteiger partial charge in [-0.05, 0) is 42.5 Å². The van der Waals surface area contributed by atoms with Gasteiger partial charge in [-0.1, -0.05) is 30.9 Å². The summed E-state index contributed by atoms with van der Waals surface area (Å²) in [5.41, 5.74) is 0.205. The zero-order valence-corrected chi connectivity index (χ0v) is 12.1. The Balaban J connectivity index is 1.86. The minimum absolute atomic E-state index is 0.0568. The third kappa shape index (κ3) is 4.23. The number of allylic oxidation sites excluding steroid dienone is 1.